The van der Waals surface area contributed by atoms with E-state index in [0.29, 0.717) is 11.4 Å². The van der Waals surface area contributed by atoms with E-state index in [2.05, 4.69) is 30.6 Å². The number of carbonyl (C=O) groups excluding carboxylic acids is 2. The van der Waals surface area contributed by atoms with E-state index < -0.39 is 5.91 Å². The molecule has 4 rings (SSSR count). The van der Waals surface area contributed by atoms with Crippen LogP contribution < -0.4 is 25.7 Å². The molecule has 4 N–H and O–H groups in total. The van der Waals surface area contributed by atoms with Gasteiger partial charge in [0.1, 0.15) is 11.5 Å². The summed E-state index contributed by atoms with van der Waals surface area (Å²) in [5.41, 5.74) is 1.35. The number of para-hydroxylation sites is 1. The maximum absolute atomic E-state index is 12.8. The zero-order valence-electron chi connectivity index (χ0n) is 18.2. The molecule has 2 aromatic carbocycles. The molecule has 34 heavy (non-hydrogen) atoms. The molecule has 2 aromatic heterocycles. The summed E-state index contributed by atoms with van der Waals surface area (Å²) >= 11 is 1.04. The fourth-order valence-corrected chi connectivity index (χ4v) is 3.76. The summed E-state index contributed by atoms with van der Waals surface area (Å²) in [6.45, 7) is 0. The van der Waals surface area contributed by atoms with Crippen LogP contribution in [0.1, 0.15) is 10.4 Å². The van der Waals surface area contributed by atoms with Gasteiger partial charge < -0.3 is 25.1 Å². The minimum Gasteiger partial charge on any atom is -0.496 e. The van der Waals surface area contributed by atoms with E-state index in [1.165, 1.54) is 32.7 Å². The normalized spacial score (nSPS) is 10.6. The third kappa shape index (κ3) is 5.02. The molecule has 0 aliphatic rings. The number of imidazole rings is 1. The van der Waals surface area contributed by atoms with Crippen LogP contribution in [0.3, 0.4) is 0 Å². The molecule has 0 aliphatic carbocycles. The summed E-state index contributed by atoms with van der Waals surface area (Å²) in [7, 11) is 2.86. The van der Waals surface area contributed by atoms with E-state index in [1.807, 2.05) is 18.2 Å². The summed E-state index contributed by atoms with van der Waals surface area (Å²) in [5, 5.41) is 5.78. The van der Waals surface area contributed by atoms with Crippen LogP contribution in [-0.2, 0) is 4.79 Å². The first kappa shape index (κ1) is 22.9. The van der Waals surface area contributed by atoms with Gasteiger partial charge in [0.25, 0.3) is 11.5 Å². The zero-order valence-corrected chi connectivity index (χ0v) is 19.0. The van der Waals surface area contributed by atoms with Gasteiger partial charge >= 0.3 is 0 Å². The molecule has 0 saturated heterocycles. The van der Waals surface area contributed by atoms with E-state index in [-0.39, 0.29) is 50.6 Å². The second kappa shape index (κ2) is 10.1. The minimum atomic E-state index is -0.390. The Balaban J connectivity index is 1.48. The van der Waals surface area contributed by atoms with Gasteiger partial charge in [-0.25, -0.2) is 9.97 Å². The van der Waals surface area contributed by atoms with Crippen LogP contribution in [0, 0.1) is 0 Å². The molecular weight excluding hydrogens is 460 g/mol. The lowest BCUT2D eigenvalue weighted by Crippen LogP contribution is -2.17. The Bertz CT molecular complexity index is 1400. The number of rotatable bonds is 8. The Morgan fingerprint density at radius 1 is 1.06 bits per heavy atom. The van der Waals surface area contributed by atoms with Crippen LogP contribution in [-0.4, -0.2) is 51.7 Å². The average molecular weight is 481 g/mol. The van der Waals surface area contributed by atoms with Crippen LogP contribution in [0.4, 0.5) is 11.4 Å². The SMILES string of the molecule is COc1cc(C(=O)Nc2ccccc2)c(OC)cc1NC(=O)CSc1nc2nc[nH]c2c(=O)[nH]1. The molecule has 0 spiro atoms. The largest absolute Gasteiger partial charge is 0.496 e. The predicted molar refractivity (Wildman–Crippen MR) is 128 cm³/mol. The number of aromatic amines is 2. The molecule has 0 aliphatic heterocycles. The van der Waals surface area contributed by atoms with Crippen LogP contribution in [0.25, 0.3) is 11.2 Å². The van der Waals surface area contributed by atoms with E-state index in [1.54, 1.807) is 12.1 Å². The topological polar surface area (TPSA) is 151 Å². The van der Waals surface area contributed by atoms with Gasteiger partial charge in [-0.3, -0.25) is 19.4 Å². The van der Waals surface area contributed by atoms with Crippen molar-refractivity contribution in [3.05, 3.63) is 64.7 Å². The first-order valence-corrected chi connectivity index (χ1v) is 11.0. The fourth-order valence-electron chi connectivity index (χ4n) is 3.10. The maximum atomic E-state index is 12.8. The number of methoxy groups -OCH3 is 2. The van der Waals surface area contributed by atoms with Gasteiger partial charge in [0.05, 0.1) is 37.6 Å². The number of aromatic nitrogens is 4. The molecular formula is C22H20N6O5S. The number of hydrogen-bond donors (Lipinski definition) is 4. The Morgan fingerprint density at radius 3 is 2.56 bits per heavy atom. The van der Waals surface area contributed by atoms with Gasteiger partial charge in [-0.2, -0.15) is 0 Å². The van der Waals surface area contributed by atoms with Crippen molar-refractivity contribution in [2.45, 2.75) is 5.16 Å². The predicted octanol–water partition coefficient (Wildman–Crippen LogP) is 2.65. The van der Waals surface area contributed by atoms with E-state index >= 15 is 0 Å². The fraction of sp³-hybridized carbons (Fsp3) is 0.136. The number of fused-ring (bicyclic) bond motifs is 1. The van der Waals surface area contributed by atoms with Crippen molar-refractivity contribution in [1.29, 1.82) is 0 Å². The van der Waals surface area contributed by atoms with Crippen molar-refractivity contribution in [1.82, 2.24) is 19.9 Å². The Hall–Kier alpha value is -4.32. The number of hydrogen-bond acceptors (Lipinski definition) is 8. The number of anilines is 2. The van der Waals surface area contributed by atoms with Crippen molar-refractivity contribution < 1.29 is 19.1 Å². The summed E-state index contributed by atoms with van der Waals surface area (Å²) in [6.07, 6.45) is 1.37. The molecule has 0 atom stereocenters. The van der Waals surface area contributed by atoms with Gasteiger partial charge in [0.15, 0.2) is 16.3 Å². The molecule has 11 nitrogen and oxygen atoms in total. The van der Waals surface area contributed by atoms with E-state index in [4.69, 9.17) is 9.47 Å². The molecule has 0 saturated carbocycles. The van der Waals surface area contributed by atoms with Gasteiger partial charge in [0.2, 0.25) is 5.91 Å². The average Bonchev–Trinajstić information content (AvgIpc) is 3.32. The van der Waals surface area contributed by atoms with Crippen LogP contribution in [0.5, 0.6) is 11.5 Å². The van der Waals surface area contributed by atoms with Crippen LogP contribution in [0.15, 0.2) is 58.7 Å². The first-order chi connectivity index (χ1) is 16.5. The van der Waals surface area contributed by atoms with Crippen LogP contribution in [0.2, 0.25) is 0 Å². The summed E-state index contributed by atoms with van der Waals surface area (Å²) in [6, 6.07) is 12.0. The number of carbonyl (C=O) groups is 2. The highest BCUT2D eigenvalue weighted by molar-refractivity contribution is 7.99. The van der Waals surface area contributed by atoms with Crippen molar-refractivity contribution in [3.8, 4) is 11.5 Å². The van der Waals surface area contributed by atoms with Gasteiger partial charge in [0, 0.05) is 11.8 Å². The molecule has 0 bridgehead atoms. The van der Waals surface area contributed by atoms with Gasteiger partial charge in [-0.15, -0.1) is 0 Å². The molecule has 0 unspecified atom stereocenters. The highest BCUT2D eigenvalue weighted by atomic mass is 32.2. The smallest absolute Gasteiger partial charge is 0.277 e. The number of H-pyrrole nitrogens is 2. The second-order valence-electron chi connectivity index (χ2n) is 6.88. The number of nitrogens with one attached hydrogen (secondary N) is 4. The van der Waals surface area contributed by atoms with E-state index in [9.17, 15) is 14.4 Å². The summed E-state index contributed by atoms with van der Waals surface area (Å²) in [4.78, 5) is 50.8. The molecule has 0 radical (unpaired) electrons. The third-order valence-corrected chi connectivity index (χ3v) is 5.56. The third-order valence-electron chi connectivity index (χ3n) is 4.69. The highest BCUT2D eigenvalue weighted by Gasteiger charge is 2.19. The zero-order chi connectivity index (χ0) is 24.1. The lowest BCUT2D eigenvalue weighted by Gasteiger charge is -2.15. The Morgan fingerprint density at radius 2 is 1.82 bits per heavy atom. The lowest BCUT2D eigenvalue weighted by molar-refractivity contribution is -0.113. The maximum Gasteiger partial charge on any atom is 0.277 e. The molecule has 174 valence electrons. The monoisotopic (exact) mass is 480 g/mol. The standard InChI is InChI=1S/C22H20N6O5S/c1-32-15-9-14(16(33-2)8-13(15)20(30)25-12-6-4-3-5-7-12)26-17(29)10-34-22-27-19-18(21(31)28-22)23-11-24-19/h3-9,11H,10H2,1-2H3,(H,25,30)(H,26,29)(H2,23,24,27,28,31). The number of amides is 2. The molecule has 12 heteroatoms. The number of thioether (sulfide) groups is 1. The van der Waals surface area contributed by atoms with Gasteiger partial charge in [-0.05, 0) is 18.2 Å². The minimum absolute atomic E-state index is 0.0411. The van der Waals surface area contributed by atoms with Crippen molar-refractivity contribution in [2.24, 2.45) is 0 Å². The Kier molecular flexibility index (Phi) is 6.78. The lowest BCUT2D eigenvalue weighted by atomic mass is 10.1. The summed E-state index contributed by atoms with van der Waals surface area (Å²) < 4.78 is 10.7. The van der Waals surface area contributed by atoms with Crippen LogP contribution >= 0.6 is 11.8 Å². The second-order valence-corrected chi connectivity index (χ2v) is 7.85. The summed E-state index contributed by atoms with van der Waals surface area (Å²) in [5.74, 6) is -0.273. The van der Waals surface area contributed by atoms with E-state index in [0.717, 1.165) is 11.8 Å². The number of ether oxygens (including phenoxy) is 2. The molecule has 4 aromatic rings. The number of nitrogens with zero attached hydrogens (tertiary/aromatic N) is 2. The van der Waals surface area contributed by atoms with Crippen molar-refractivity contribution in [3.63, 3.8) is 0 Å². The highest BCUT2D eigenvalue weighted by Crippen LogP contribution is 2.33. The molecule has 2 heterocycles. The molecule has 2 amide bonds. The van der Waals surface area contributed by atoms with Gasteiger partial charge in [-0.1, -0.05) is 30.0 Å². The molecule has 0 fully saturated rings. The number of benzene rings is 2. The van der Waals surface area contributed by atoms with Crippen molar-refractivity contribution in [2.75, 3.05) is 30.6 Å². The quantitative estimate of drug-likeness (QED) is 0.222. The van der Waals surface area contributed by atoms with Crippen molar-refractivity contribution >= 4 is 46.1 Å². The Labute approximate surface area is 197 Å². The first-order valence-electron chi connectivity index (χ1n) is 9.97.